The monoisotopic (exact) mass is 316 g/mol. The average molecular weight is 316 g/mol. The van der Waals surface area contributed by atoms with Crippen molar-refractivity contribution >= 4 is 23.1 Å². The molecule has 1 atom stereocenters. The van der Waals surface area contributed by atoms with Crippen molar-refractivity contribution in [2.24, 2.45) is 5.92 Å². The maximum Gasteiger partial charge on any atom is 0.263 e. The lowest BCUT2D eigenvalue weighted by atomic mass is 9.93. The Labute approximate surface area is 134 Å². The van der Waals surface area contributed by atoms with E-state index in [0.717, 1.165) is 48.7 Å². The molecule has 3 rings (SSSR count). The van der Waals surface area contributed by atoms with Crippen LogP contribution in [0.1, 0.15) is 28.2 Å². The minimum absolute atomic E-state index is 0.160. The third-order valence-electron chi connectivity index (χ3n) is 4.03. The number of carbonyl (C=O) groups is 1. The van der Waals surface area contributed by atoms with Gasteiger partial charge in [0.25, 0.3) is 5.91 Å². The Morgan fingerprint density at radius 2 is 2.32 bits per heavy atom. The summed E-state index contributed by atoms with van der Waals surface area (Å²) in [6, 6.07) is 3.83. The molecule has 6 heteroatoms. The fraction of sp³-hybridized carbons (Fsp3) is 0.438. The average Bonchev–Trinajstić information content (AvgIpc) is 3.09. The van der Waals surface area contributed by atoms with Gasteiger partial charge in [0, 0.05) is 32.5 Å². The Bertz CT molecular complexity index is 629. The second kappa shape index (κ2) is 6.87. The first-order valence-electron chi connectivity index (χ1n) is 7.58. The van der Waals surface area contributed by atoms with E-state index in [-0.39, 0.29) is 5.91 Å². The molecule has 0 spiro atoms. The van der Waals surface area contributed by atoms with E-state index in [0.29, 0.717) is 5.92 Å². The molecule has 1 aliphatic rings. The zero-order valence-electron chi connectivity index (χ0n) is 12.7. The van der Waals surface area contributed by atoms with Crippen molar-refractivity contribution in [3.05, 3.63) is 40.5 Å². The highest BCUT2D eigenvalue weighted by Crippen LogP contribution is 2.24. The van der Waals surface area contributed by atoms with E-state index >= 15 is 0 Å². The van der Waals surface area contributed by atoms with Crippen LogP contribution in [0.15, 0.2) is 29.9 Å². The van der Waals surface area contributed by atoms with Gasteiger partial charge in [-0.05, 0) is 36.6 Å². The molecule has 116 valence electrons. The SMILES string of the molecule is CNc1nccnc1C[C@@H]1CCCN(C(=O)c2cccs2)C1. The highest BCUT2D eigenvalue weighted by molar-refractivity contribution is 7.12. The Kier molecular flexibility index (Phi) is 4.68. The number of nitrogens with one attached hydrogen (secondary N) is 1. The van der Waals surface area contributed by atoms with Crippen molar-refractivity contribution < 1.29 is 4.79 Å². The molecule has 22 heavy (non-hydrogen) atoms. The number of amides is 1. The molecule has 0 saturated carbocycles. The molecule has 0 unspecified atom stereocenters. The van der Waals surface area contributed by atoms with Gasteiger partial charge in [0.15, 0.2) is 0 Å². The highest BCUT2D eigenvalue weighted by atomic mass is 32.1. The zero-order valence-corrected chi connectivity index (χ0v) is 13.5. The van der Waals surface area contributed by atoms with Gasteiger partial charge in [-0.2, -0.15) is 0 Å². The first-order chi connectivity index (χ1) is 10.8. The summed E-state index contributed by atoms with van der Waals surface area (Å²) in [5.41, 5.74) is 0.987. The van der Waals surface area contributed by atoms with Crippen LogP contribution in [0.4, 0.5) is 5.82 Å². The molecule has 0 aliphatic carbocycles. The molecule has 3 heterocycles. The van der Waals surface area contributed by atoms with Gasteiger partial charge in [0.2, 0.25) is 0 Å². The number of carbonyl (C=O) groups excluding carboxylic acids is 1. The van der Waals surface area contributed by atoms with Gasteiger partial charge in [0.05, 0.1) is 10.6 Å². The third-order valence-corrected chi connectivity index (χ3v) is 4.89. The van der Waals surface area contributed by atoms with E-state index in [1.165, 1.54) is 11.3 Å². The minimum Gasteiger partial charge on any atom is -0.372 e. The number of thiophene rings is 1. The summed E-state index contributed by atoms with van der Waals surface area (Å²) in [6.07, 6.45) is 6.47. The second-order valence-electron chi connectivity index (χ2n) is 5.54. The lowest BCUT2D eigenvalue weighted by molar-refractivity contribution is 0.0678. The van der Waals surface area contributed by atoms with Crippen LogP contribution in [-0.4, -0.2) is 40.9 Å². The van der Waals surface area contributed by atoms with Gasteiger partial charge in [-0.1, -0.05) is 6.07 Å². The van der Waals surface area contributed by atoms with Gasteiger partial charge in [-0.25, -0.2) is 4.98 Å². The van der Waals surface area contributed by atoms with Gasteiger partial charge in [0.1, 0.15) is 5.82 Å². The molecule has 0 radical (unpaired) electrons. The number of hydrogen-bond acceptors (Lipinski definition) is 5. The summed E-state index contributed by atoms with van der Waals surface area (Å²) < 4.78 is 0. The summed E-state index contributed by atoms with van der Waals surface area (Å²) >= 11 is 1.51. The highest BCUT2D eigenvalue weighted by Gasteiger charge is 2.26. The van der Waals surface area contributed by atoms with Crippen molar-refractivity contribution in [3.63, 3.8) is 0 Å². The number of likely N-dealkylation sites (tertiary alicyclic amines) is 1. The lowest BCUT2D eigenvalue weighted by Gasteiger charge is -2.32. The predicted octanol–water partition coefficient (Wildman–Crippen LogP) is 2.67. The Hall–Kier alpha value is -1.95. The molecule has 1 amide bonds. The first kappa shape index (κ1) is 15.0. The maximum absolute atomic E-state index is 12.5. The van der Waals surface area contributed by atoms with Crippen LogP contribution in [0, 0.1) is 5.92 Å². The summed E-state index contributed by atoms with van der Waals surface area (Å²) in [5.74, 6) is 1.44. The van der Waals surface area contributed by atoms with Gasteiger partial charge in [-0.3, -0.25) is 9.78 Å². The van der Waals surface area contributed by atoms with E-state index in [1.54, 1.807) is 12.4 Å². The molecule has 1 N–H and O–H groups in total. The Balaban J connectivity index is 1.67. The van der Waals surface area contributed by atoms with Crippen LogP contribution in [0.5, 0.6) is 0 Å². The number of anilines is 1. The second-order valence-corrected chi connectivity index (χ2v) is 6.49. The number of nitrogens with zero attached hydrogens (tertiary/aromatic N) is 3. The van der Waals surface area contributed by atoms with Crippen LogP contribution in [0.2, 0.25) is 0 Å². The fourth-order valence-corrected chi connectivity index (χ4v) is 3.66. The molecule has 1 fully saturated rings. The van der Waals surface area contributed by atoms with Gasteiger partial charge >= 0.3 is 0 Å². The van der Waals surface area contributed by atoms with Crippen LogP contribution in [0.25, 0.3) is 0 Å². The molecule has 0 aromatic carbocycles. The molecular formula is C16H20N4OS. The van der Waals surface area contributed by atoms with Gasteiger partial charge < -0.3 is 10.2 Å². The number of rotatable bonds is 4. The summed E-state index contributed by atoms with van der Waals surface area (Å²) in [5, 5.41) is 5.04. The van der Waals surface area contributed by atoms with Crippen molar-refractivity contribution in [2.45, 2.75) is 19.3 Å². The smallest absolute Gasteiger partial charge is 0.263 e. The third kappa shape index (κ3) is 3.27. The van der Waals surface area contributed by atoms with Crippen molar-refractivity contribution in [2.75, 3.05) is 25.5 Å². The van der Waals surface area contributed by atoms with Crippen LogP contribution >= 0.6 is 11.3 Å². The number of hydrogen-bond donors (Lipinski definition) is 1. The van der Waals surface area contributed by atoms with E-state index in [2.05, 4.69) is 15.3 Å². The topological polar surface area (TPSA) is 58.1 Å². The van der Waals surface area contributed by atoms with Crippen molar-refractivity contribution in [3.8, 4) is 0 Å². The number of piperidine rings is 1. The molecular weight excluding hydrogens is 296 g/mol. The molecule has 1 aliphatic heterocycles. The Morgan fingerprint density at radius 1 is 1.45 bits per heavy atom. The van der Waals surface area contributed by atoms with E-state index in [1.807, 2.05) is 29.5 Å². The van der Waals surface area contributed by atoms with E-state index in [4.69, 9.17) is 0 Å². The van der Waals surface area contributed by atoms with E-state index in [9.17, 15) is 4.79 Å². The molecule has 1 saturated heterocycles. The molecule has 0 bridgehead atoms. The summed E-state index contributed by atoms with van der Waals surface area (Å²) in [6.45, 7) is 1.66. The fourth-order valence-electron chi connectivity index (χ4n) is 2.97. The quantitative estimate of drug-likeness (QED) is 0.942. The predicted molar refractivity (Wildman–Crippen MR) is 88.2 cm³/mol. The normalized spacial score (nSPS) is 18.2. The standard InChI is InChI=1S/C16H20N4OS/c1-17-15-13(18-6-7-19-15)10-12-4-2-8-20(11-12)16(21)14-5-3-9-22-14/h3,5-7,9,12H,2,4,8,10-11H2,1H3,(H,17,19)/t12-/m0/s1. The number of aromatic nitrogens is 2. The summed E-state index contributed by atoms with van der Waals surface area (Å²) in [4.78, 5) is 24.0. The molecule has 2 aromatic rings. The molecule has 5 nitrogen and oxygen atoms in total. The maximum atomic E-state index is 12.5. The Morgan fingerprint density at radius 3 is 3.09 bits per heavy atom. The summed E-state index contributed by atoms with van der Waals surface area (Å²) in [7, 11) is 1.86. The van der Waals surface area contributed by atoms with E-state index < -0.39 is 0 Å². The van der Waals surface area contributed by atoms with Crippen molar-refractivity contribution in [1.29, 1.82) is 0 Å². The van der Waals surface area contributed by atoms with Gasteiger partial charge in [-0.15, -0.1) is 11.3 Å². The van der Waals surface area contributed by atoms with Crippen LogP contribution in [-0.2, 0) is 6.42 Å². The van der Waals surface area contributed by atoms with Crippen molar-refractivity contribution in [1.82, 2.24) is 14.9 Å². The first-order valence-corrected chi connectivity index (χ1v) is 8.46. The molecule has 2 aromatic heterocycles. The zero-order chi connectivity index (χ0) is 15.4. The minimum atomic E-state index is 0.160. The lowest BCUT2D eigenvalue weighted by Crippen LogP contribution is -2.40. The largest absolute Gasteiger partial charge is 0.372 e. The van der Waals surface area contributed by atoms with Crippen LogP contribution < -0.4 is 5.32 Å². The van der Waals surface area contributed by atoms with Crippen LogP contribution in [0.3, 0.4) is 0 Å².